The summed E-state index contributed by atoms with van der Waals surface area (Å²) < 4.78 is 56.3. The van der Waals surface area contributed by atoms with Gasteiger partial charge in [-0.05, 0) is 49.4 Å². The van der Waals surface area contributed by atoms with Crippen LogP contribution >= 0.6 is 23.2 Å². The largest absolute Gasteiger partial charge is 0.280 e. The molecule has 29 heavy (non-hydrogen) atoms. The number of nitrogens with zero attached hydrogens (tertiary/aromatic N) is 2. The van der Waals surface area contributed by atoms with Crippen LogP contribution in [0.1, 0.15) is 5.69 Å². The molecule has 12 heteroatoms. The summed E-state index contributed by atoms with van der Waals surface area (Å²) in [6.07, 6.45) is 1.25. The lowest BCUT2D eigenvalue weighted by Crippen LogP contribution is -2.15. The Morgan fingerprint density at radius 3 is 1.93 bits per heavy atom. The average molecular weight is 475 g/mol. The van der Waals surface area contributed by atoms with E-state index in [2.05, 4.69) is 14.5 Å². The van der Waals surface area contributed by atoms with Gasteiger partial charge in [-0.15, -0.1) is 0 Å². The van der Waals surface area contributed by atoms with Crippen LogP contribution in [0.4, 0.5) is 11.4 Å². The molecule has 0 spiro atoms. The number of aromatic nitrogens is 2. The summed E-state index contributed by atoms with van der Waals surface area (Å²) in [5.74, 6) is 0. The van der Waals surface area contributed by atoms with Gasteiger partial charge in [0.25, 0.3) is 20.0 Å². The van der Waals surface area contributed by atoms with E-state index < -0.39 is 20.0 Å². The van der Waals surface area contributed by atoms with Gasteiger partial charge in [0.15, 0.2) is 0 Å². The molecule has 0 unspecified atom stereocenters. The molecule has 3 aromatic rings. The van der Waals surface area contributed by atoms with Crippen molar-refractivity contribution in [2.75, 3.05) is 9.44 Å². The van der Waals surface area contributed by atoms with Crippen LogP contribution in [-0.2, 0) is 27.1 Å². The van der Waals surface area contributed by atoms with Crippen LogP contribution in [0.15, 0.2) is 58.5 Å². The quantitative estimate of drug-likeness (QED) is 0.566. The molecule has 0 radical (unpaired) electrons. The van der Waals surface area contributed by atoms with Gasteiger partial charge >= 0.3 is 0 Å². The minimum atomic E-state index is -3.92. The zero-order valence-electron chi connectivity index (χ0n) is 15.2. The van der Waals surface area contributed by atoms with Gasteiger partial charge in [-0.1, -0.05) is 23.2 Å². The SMILES string of the molecule is Cc1c(S(=O)(=O)Nc2ccc(S(=O)(=O)Nc3cc(Cl)cc(Cl)c3)cc2)cnn1C. The first-order valence-corrected chi connectivity index (χ1v) is 11.8. The highest BCUT2D eigenvalue weighted by molar-refractivity contribution is 7.93. The van der Waals surface area contributed by atoms with E-state index in [1.165, 1.54) is 53.3 Å². The smallest absolute Gasteiger partial charge is 0.265 e. The topological polar surface area (TPSA) is 110 Å². The molecule has 0 saturated carbocycles. The lowest BCUT2D eigenvalue weighted by molar-refractivity contribution is 0.599. The molecule has 0 aliphatic rings. The fourth-order valence-electron chi connectivity index (χ4n) is 2.48. The summed E-state index contributed by atoms with van der Waals surface area (Å²) >= 11 is 11.8. The van der Waals surface area contributed by atoms with Crippen LogP contribution in [0, 0.1) is 6.92 Å². The third kappa shape index (κ3) is 4.84. The highest BCUT2D eigenvalue weighted by atomic mass is 35.5. The van der Waals surface area contributed by atoms with E-state index in [0.717, 1.165) is 0 Å². The predicted octanol–water partition coefficient (Wildman–Crippen LogP) is 3.64. The van der Waals surface area contributed by atoms with Crippen LogP contribution in [0.25, 0.3) is 0 Å². The highest BCUT2D eigenvalue weighted by Gasteiger charge is 2.21. The van der Waals surface area contributed by atoms with E-state index >= 15 is 0 Å². The van der Waals surface area contributed by atoms with Gasteiger partial charge in [0.2, 0.25) is 0 Å². The van der Waals surface area contributed by atoms with Crippen LogP contribution < -0.4 is 9.44 Å². The Kier molecular flexibility index (Phi) is 5.81. The second-order valence-electron chi connectivity index (χ2n) is 6.11. The van der Waals surface area contributed by atoms with Crippen LogP contribution in [0.5, 0.6) is 0 Å². The lowest BCUT2D eigenvalue weighted by Gasteiger charge is -2.11. The van der Waals surface area contributed by atoms with Crippen molar-refractivity contribution in [3.05, 3.63) is 64.4 Å². The average Bonchev–Trinajstić information content (AvgIpc) is 2.93. The number of halogens is 2. The fraction of sp³-hybridized carbons (Fsp3) is 0.118. The molecule has 0 aliphatic heterocycles. The number of benzene rings is 2. The molecule has 0 bridgehead atoms. The van der Waals surface area contributed by atoms with Crippen molar-refractivity contribution in [2.24, 2.45) is 7.05 Å². The van der Waals surface area contributed by atoms with Gasteiger partial charge in [-0.25, -0.2) is 16.8 Å². The first-order chi connectivity index (χ1) is 13.5. The van der Waals surface area contributed by atoms with Crippen molar-refractivity contribution in [1.29, 1.82) is 0 Å². The number of rotatable bonds is 6. The van der Waals surface area contributed by atoms with Crippen molar-refractivity contribution in [3.8, 4) is 0 Å². The summed E-state index contributed by atoms with van der Waals surface area (Å²) in [7, 11) is -6.14. The normalized spacial score (nSPS) is 12.0. The lowest BCUT2D eigenvalue weighted by atomic mass is 10.3. The minimum absolute atomic E-state index is 0.0381. The van der Waals surface area contributed by atoms with Crippen LogP contribution in [-0.4, -0.2) is 26.6 Å². The number of hydrogen-bond donors (Lipinski definition) is 2. The summed E-state index contributed by atoms with van der Waals surface area (Å²) in [6, 6.07) is 9.58. The molecule has 0 atom stereocenters. The molecule has 2 N–H and O–H groups in total. The monoisotopic (exact) mass is 474 g/mol. The van der Waals surface area contributed by atoms with Crippen molar-refractivity contribution in [2.45, 2.75) is 16.7 Å². The molecule has 1 heterocycles. The Balaban J connectivity index is 1.81. The van der Waals surface area contributed by atoms with E-state index in [0.29, 0.717) is 5.69 Å². The molecule has 0 aliphatic carbocycles. The number of hydrogen-bond acceptors (Lipinski definition) is 5. The number of aryl methyl sites for hydroxylation is 1. The fourth-order valence-corrected chi connectivity index (χ4v) is 5.31. The van der Waals surface area contributed by atoms with E-state index in [-0.39, 0.29) is 31.2 Å². The third-order valence-electron chi connectivity index (χ3n) is 4.01. The first-order valence-electron chi connectivity index (χ1n) is 8.08. The standard InChI is InChI=1S/C17H16Cl2N4O4S2/c1-11-17(10-20-23(11)2)29(26,27)21-14-3-5-16(6-4-14)28(24,25)22-15-8-12(18)7-13(19)9-15/h3-10,21-22H,1-2H3. The van der Waals surface area contributed by atoms with Gasteiger partial charge in [0, 0.05) is 22.8 Å². The molecule has 0 saturated heterocycles. The molecular formula is C17H16Cl2N4O4S2. The third-order valence-corrected chi connectivity index (χ3v) is 7.33. The van der Waals surface area contributed by atoms with Gasteiger partial charge in [0.1, 0.15) is 4.90 Å². The van der Waals surface area contributed by atoms with Crippen molar-refractivity contribution in [3.63, 3.8) is 0 Å². The molecule has 2 aromatic carbocycles. The molecule has 0 amide bonds. The van der Waals surface area contributed by atoms with Crippen molar-refractivity contribution < 1.29 is 16.8 Å². The van der Waals surface area contributed by atoms with Gasteiger partial charge < -0.3 is 0 Å². The second-order valence-corrected chi connectivity index (χ2v) is 10.3. The van der Waals surface area contributed by atoms with Crippen LogP contribution in [0.2, 0.25) is 10.0 Å². The number of sulfonamides is 2. The summed E-state index contributed by atoms with van der Waals surface area (Å²) in [5, 5.41) is 4.48. The number of anilines is 2. The Labute approximate surface area is 178 Å². The zero-order chi connectivity index (χ0) is 21.4. The van der Waals surface area contributed by atoms with E-state index in [1.807, 2.05) is 0 Å². The summed E-state index contributed by atoms with van der Waals surface area (Å²) in [4.78, 5) is -0.0229. The number of nitrogens with one attached hydrogen (secondary N) is 2. The second kappa shape index (κ2) is 7.86. The molecule has 154 valence electrons. The van der Waals surface area contributed by atoms with Crippen molar-refractivity contribution in [1.82, 2.24) is 9.78 Å². The molecule has 3 rings (SSSR count). The van der Waals surface area contributed by atoms with Crippen LogP contribution in [0.3, 0.4) is 0 Å². The summed E-state index contributed by atoms with van der Waals surface area (Å²) in [5.41, 5.74) is 0.887. The van der Waals surface area contributed by atoms with Gasteiger partial charge in [0.05, 0.1) is 22.5 Å². The molecule has 0 fully saturated rings. The van der Waals surface area contributed by atoms with E-state index in [1.54, 1.807) is 14.0 Å². The Morgan fingerprint density at radius 1 is 0.862 bits per heavy atom. The molecule has 8 nitrogen and oxygen atoms in total. The maximum Gasteiger partial charge on any atom is 0.265 e. The highest BCUT2D eigenvalue weighted by Crippen LogP contribution is 2.25. The molecule has 1 aromatic heterocycles. The Morgan fingerprint density at radius 2 is 1.41 bits per heavy atom. The minimum Gasteiger partial charge on any atom is -0.280 e. The summed E-state index contributed by atoms with van der Waals surface area (Å²) in [6.45, 7) is 1.63. The zero-order valence-corrected chi connectivity index (χ0v) is 18.4. The van der Waals surface area contributed by atoms with E-state index in [4.69, 9.17) is 23.2 Å². The maximum atomic E-state index is 12.5. The maximum absolute atomic E-state index is 12.5. The Hall–Kier alpha value is -2.27. The molecular weight excluding hydrogens is 459 g/mol. The predicted molar refractivity (Wildman–Crippen MR) is 112 cm³/mol. The van der Waals surface area contributed by atoms with Crippen molar-refractivity contribution >= 4 is 54.6 Å². The first kappa shape index (κ1) is 21.4. The Bertz CT molecular complexity index is 1250. The van der Waals surface area contributed by atoms with Gasteiger partial charge in [-0.2, -0.15) is 5.10 Å². The van der Waals surface area contributed by atoms with E-state index in [9.17, 15) is 16.8 Å². The van der Waals surface area contributed by atoms with Gasteiger partial charge in [-0.3, -0.25) is 14.1 Å².